The summed E-state index contributed by atoms with van der Waals surface area (Å²) in [6.45, 7) is 0. The van der Waals surface area contributed by atoms with Crippen LogP contribution in [0.1, 0.15) is 12.8 Å². The molecule has 0 aliphatic heterocycles. The molecule has 2 N–H and O–H groups in total. The first-order valence-corrected chi connectivity index (χ1v) is 5.09. The average molecular weight is 192 g/mol. The van der Waals surface area contributed by atoms with Gasteiger partial charge < -0.3 is 5.73 Å². The molecule has 0 bridgehead atoms. The van der Waals surface area contributed by atoms with E-state index in [1.165, 1.54) is 0 Å². The number of nitrogens with zero attached hydrogens (tertiary/aromatic N) is 1. The quantitative estimate of drug-likeness (QED) is 0.451. The van der Waals surface area contributed by atoms with Crippen molar-refractivity contribution in [1.82, 2.24) is 4.98 Å². The van der Waals surface area contributed by atoms with Crippen LogP contribution in [0.4, 0.5) is 5.69 Å². The van der Waals surface area contributed by atoms with Crippen molar-refractivity contribution in [2.24, 2.45) is 0 Å². The lowest BCUT2D eigenvalue weighted by molar-refractivity contribution is 0.992. The molecule has 0 amide bonds. The third kappa shape index (κ3) is 3.86. The van der Waals surface area contributed by atoms with Crippen LogP contribution in [-0.2, 0) is 0 Å². The van der Waals surface area contributed by atoms with Gasteiger partial charge in [0.2, 0.25) is 0 Å². The molecule has 1 heterocycles. The van der Waals surface area contributed by atoms with E-state index >= 15 is 0 Å². The fourth-order valence-electron chi connectivity index (χ4n) is 0.828. The Labute approximate surface area is 82.9 Å². The maximum absolute atomic E-state index is 5.50. The number of pyridine rings is 1. The van der Waals surface area contributed by atoms with Crippen molar-refractivity contribution in [3.05, 3.63) is 18.3 Å². The summed E-state index contributed by atoms with van der Waals surface area (Å²) < 4.78 is 0. The minimum atomic E-state index is 0.702. The third-order valence-corrected chi connectivity index (χ3v) is 2.50. The number of unbranched alkanes of at least 4 members (excludes halogenated alkanes) is 1. The molecule has 0 aliphatic carbocycles. The maximum Gasteiger partial charge on any atom is 0.0961 e. The van der Waals surface area contributed by atoms with Crippen LogP contribution in [0.3, 0.4) is 0 Å². The van der Waals surface area contributed by atoms with Crippen LogP contribution in [0.5, 0.6) is 0 Å². The zero-order valence-corrected chi connectivity index (χ0v) is 8.18. The fraction of sp³-hybridized carbons (Fsp3) is 0.300. The van der Waals surface area contributed by atoms with Crippen LogP contribution < -0.4 is 5.73 Å². The summed E-state index contributed by atoms with van der Waals surface area (Å²) in [6, 6.07) is 3.78. The minimum Gasteiger partial charge on any atom is -0.397 e. The van der Waals surface area contributed by atoms with Crippen molar-refractivity contribution in [3.8, 4) is 12.3 Å². The van der Waals surface area contributed by atoms with E-state index in [2.05, 4.69) is 10.9 Å². The van der Waals surface area contributed by atoms with E-state index in [0.29, 0.717) is 5.69 Å². The zero-order chi connectivity index (χ0) is 9.52. The number of nitrogens with two attached hydrogens (primary N) is 1. The first kappa shape index (κ1) is 9.94. The summed E-state index contributed by atoms with van der Waals surface area (Å²) in [5.41, 5.74) is 6.21. The number of nitrogen functional groups attached to an aromatic ring is 1. The van der Waals surface area contributed by atoms with Gasteiger partial charge in [-0.15, -0.1) is 24.1 Å². The molecular formula is C10H12N2S. The number of rotatable bonds is 4. The van der Waals surface area contributed by atoms with Crippen LogP contribution in [-0.4, -0.2) is 10.7 Å². The molecule has 0 aromatic carbocycles. The Balaban J connectivity index is 2.30. The normalized spacial score (nSPS) is 9.46. The zero-order valence-electron chi connectivity index (χ0n) is 7.36. The van der Waals surface area contributed by atoms with Crippen LogP contribution in [0.25, 0.3) is 0 Å². The van der Waals surface area contributed by atoms with Gasteiger partial charge in [-0.25, -0.2) is 4.98 Å². The summed E-state index contributed by atoms with van der Waals surface area (Å²) in [5.74, 6) is 3.62. The van der Waals surface area contributed by atoms with Gasteiger partial charge in [-0.1, -0.05) is 0 Å². The molecule has 1 aromatic rings. The maximum atomic E-state index is 5.50. The monoisotopic (exact) mass is 192 g/mol. The van der Waals surface area contributed by atoms with E-state index in [0.717, 1.165) is 23.6 Å². The second-order valence-electron chi connectivity index (χ2n) is 2.59. The molecule has 0 aliphatic rings. The number of aromatic nitrogens is 1. The summed E-state index contributed by atoms with van der Waals surface area (Å²) in [6.07, 6.45) is 8.68. The van der Waals surface area contributed by atoms with Crippen LogP contribution in [0.15, 0.2) is 23.4 Å². The van der Waals surface area contributed by atoms with Crippen molar-refractivity contribution in [2.75, 3.05) is 11.5 Å². The van der Waals surface area contributed by atoms with Gasteiger partial charge in [0.25, 0.3) is 0 Å². The summed E-state index contributed by atoms with van der Waals surface area (Å²) in [5, 5.41) is 1.01. The Morgan fingerprint density at radius 1 is 1.54 bits per heavy atom. The SMILES string of the molecule is C#CCCCSc1ccc(N)cn1. The number of hydrogen-bond acceptors (Lipinski definition) is 3. The van der Waals surface area contributed by atoms with Gasteiger partial charge in [0.1, 0.15) is 0 Å². The predicted octanol–water partition coefficient (Wildman–Crippen LogP) is 2.17. The van der Waals surface area contributed by atoms with E-state index in [-0.39, 0.29) is 0 Å². The average Bonchev–Trinajstić information content (AvgIpc) is 2.15. The Morgan fingerprint density at radius 2 is 2.38 bits per heavy atom. The largest absolute Gasteiger partial charge is 0.397 e. The molecule has 13 heavy (non-hydrogen) atoms. The van der Waals surface area contributed by atoms with Gasteiger partial charge in [-0.2, -0.15) is 0 Å². The van der Waals surface area contributed by atoms with Crippen molar-refractivity contribution in [3.63, 3.8) is 0 Å². The molecule has 0 saturated carbocycles. The first-order chi connectivity index (χ1) is 6.33. The number of anilines is 1. The van der Waals surface area contributed by atoms with Gasteiger partial charge in [-0.05, 0) is 18.6 Å². The molecule has 68 valence electrons. The van der Waals surface area contributed by atoms with Gasteiger partial charge in [-0.3, -0.25) is 0 Å². The molecule has 0 saturated heterocycles. The number of terminal acetylenes is 1. The first-order valence-electron chi connectivity index (χ1n) is 4.10. The number of hydrogen-bond donors (Lipinski definition) is 1. The van der Waals surface area contributed by atoms with E-state index in [1.807, 2.05) is 12.1 Å². The van der Waals surface area contributed by atoms with Crippen LogP contribution in [0, 0.1) is 12.3 Å². The molecule has 0 atom stereocenters. The van der Waals surface area contributed by atoms with Gasteiger partial charge in [0, 0.05) is 12.2 Å². The van der Waals surface area contributed by atoms with Crippen molar-refractivity contribution in [1.29, 1.82) is 0 Å². The highest BCUT2D eigenvalue weighted by Gasteiger charge is 1.94. The van der Waals surface area contributed by atoms with E-state index in [1.54, 1.807) is 18.0 Å². The molecule has 3 heteroatoms. The lowest BCUT2D eigenvalue weighted by Gasteiger charge is -1.98. The van der Waals surface area contributed by atoms with Crippen molar-refractivity contribution < 1.29 is 0 Å². The highest BCUT2D eigenvalue weighted by Crippen LogP contribution is 2.16. The molecule has 1 rings (SSSR count). The Hall–Kier alpha value is -1.14. The molecule has 0 unspecified atom stereocenters. The summed E-state index contributed by atoms with van der Waals surface area (Å²) in [4.78, 5) is 4.16. The Kier molecular flexibility index (Phi) is 4.20. The van der Waals surface area contributed by atoms with Gasteiger partial charge >= 0.3 is 0 Å². The van der Waals surface area contributed by atoms with Crippen molar-refractivity contribution >= 4 is 17.4 Å². The number of thioether (sulfide) groups is 1. The summed E-state index contributed by atoms with van der Waals surface area (Å²) >= 11 is 1.71. The van der Waals surface area contributed by atoms with E-state index in [4.69, 9.17) is 12.2 Å². The topological polar surface area (TPSA) is 38.9 Å². The summed E-state index contributed by atoms with van der Waals surface area (Å²) in [7, 11) is 0. The van der Waals surface area contributed by atoms with Crippen molar-refractivity contribution in [2.45, 2.75) is 17.9 Å². The highest BCUT2D eigenvalue weighted by molar-refractivity contribution is 7.99. The van der Waals surface area contributed by atoms with Crippen LogP contribution >= 0.6 is 11.8 Å². The van der Waals surface area contributed by atoms with E-state index < -0.39 is 0 Å². The lowest BCUT2D eigenvalue weighted by atomic mass is 10.4. The smallest absolute Gasteiger partial charge is 0.0961 e. The second kappa shape index (κ2) is 5.50. The highest BCUT2D eigenvalue weighted by atomic mass is 32.2. The molecule has 2 nitrogen and oxygen atoms in total. The standard InChI is InChI=1S/C10H12N2S/c1-2-3-4-7-13-10-6-5-9(11)8-12-10/h1,5-6,8H,3-4,7,11H2. The van der Waals surface area contributed by atoms with E-state index in [9.17, 15) is 0 Å². The predicted molar refractivity (Wildman–Crippen MR) is 57.4 cm³/mol. The lowest BCUT2D eigenvalue weighted by Crippen LogP contribution is -1.87. The van der Waals surface area contributed by atoms with Gasteiger partial charge in [0.15, 0.2) is 0 Å². The fourth-order valence-corrected chi connectivity index (χ4v) is 1.62. The van der Waals surface area contributed by atoms with Gasteiger partial charge in [0.05, 0.1) is 16.9 Å². The Morgan fingerprint density at radius 3 is 3.00 bits per heavy atom. The molecular weight excluding hydrogens is 180 g/mol. The molecule has 1 aromatic heterocycles. The molecule has 0 radical (unpaired) electrons. The minimum absolute atomic E-state index is 0.702. The molecule has 0 spiro atoms. The Bertz CT molecular complexity index is 287. The molecule has 0 fully saturated rings. The third-order valence-electron chi connectivity index (χ3n) is 1.47. The van der Waals surface area contributed by atoms with Crippen LogP contribution in [0.2, 0.25) is 0 Å². The second-order valence-corrected chi connectivity index (χ2v) is 3.70.